The lowest BCUT2D eigenvalue weighted by molar-refractivity contribution is 0.0846. The Morgan fingerprint density at radius 3 is 2.72 bits per heavy atom. The molecule has 2 amide bonds. The number of benzene rings is 1. The van der Waals surface area contributed by atoms with Crippen LogP contribution in [0.4, 0.5) is 4.39 Å². The average molecular weight is 362 g/mol. The first-order valence-electron chi connectivity index (χ1n) is 8.03. The van der Waals surface area contributed by atoms with Crippen molar-refractivity contribution in [3.63, 3.8) is 0 Å². The van der Waals surface area contributed by atoms with Crippen LogP contribution in [0.2, 0.25) is 0 Å². The predicted octanol–water partition coefficient (Wildman–Crippen LogP) is 3.10. The lowest BCUT2D eigenvalue weighted by Crippen LogP contribution is -2.41. The molecule has 7 heteroatoms. The summed E-state index contributed by atoms with van der Waals surface area (Å²) in [6.45, 7) is 2.20. The summed E-state index contributed by atoms with van der Waals surface area (Å²) in [5.41, 5.74) is 5.64. The maximum Gasteiger partial charge on any atom is 0.279 e. The molecule has 2 aromatic rings. The molecule has 0 radical (unpaired) electrons. The minimum absolute atomic E-state index is 0.166. The number of aryl methyl sites for hydroxylation is 1. The van der Waals surface area contributed by atoms with Gasteiger partial charge >= 0.3 is 0 Å². The van der Waals surface area contributed by atoms with Gasteiger partial charge in [-0.15, -0.1) is 11.3 Å². The summed E-state index contributed by atoms with van der Waals surface area (Å²) < 4.78 is 18.8. The fourth-order valence-corrected chi connectivity index (χ4v) is 3.97. The Bertz CT molecular complexity index is 819. The summed E-state index contributed by atoms with van der Waals surface area (Å²) >= 11 is 1.45. The summed E-state index contributed by atoms with van der Waals surface area (Å²) in [4.78, 5) is 26.1. The van der Waals surface area contributed by atoms with Crippen LogP contribution >= 0.6 is 11.3 Å². The molecule has 1 atom stereocenters. The lowest BCUT2D eigenvalue weighted by atomic mass is 9.90. The van der Waals surface area contributed by atoms with Crippen molar-refractivity contribution in [1.29, 1.82) is 0 Å². The van der Waals surface area contributed by atoms with E-state index in [9.17, 15) is 14.0 Å². The van der Waals surface area contributed by atoms with Crippen LogP contribution in [0.3, 0.4) is 0 Å². The van der Waals surface area contributed by atoms with Crippen molar-refractivity contribution in [3.8, 4) is 5.75 Å². The third-order valence-corrected chi connectivity index (χ3v) is 5.50. The van der Waals surface area contributed by atoms with Gasteiger partial charge in [-0.3, -0.25) is 20.4 Å². The van der Waals surface area contributed by atoms with Gasteiger partial charge in [0.1, 0.15) is 11.6 Å². The monoisotopic (exact) mass is 362 g/mol. The van der Waals surface area contributed by atoms with Crippen molar-refractivity contribution >= 4 is 23.2 Å². The normalized spacial score (nSPS) is 16.0. The number of rotatable bonds is 3. The molecule has 1 heterocycles. The van der Waals surface area contributed by atoms with Crippen molar-refractivity contribution < 1.29 is 18.7 Å². The smallest absolute Gasteiger partial charge is 0.279 e. The number of ether oxygens (including phenoxy) is 1. The van der Waals surface area contributed by atoms with Crippen molar-refractivity contribution in [1.82, 2.24) is 10.9 Å². The molecule has 0 saturated heterocycles. The van der Waals surface area contributed by atoms with Crippen molar-refractivity contribution in [2.45, 2.75) is 26.2 Å². The SMILES string of the molecule is COc1ccc(C(=O)NNC(=O)c2cc3c(s2)CC[C@@H](C)C3)c(F)c1. The minimum atomic E-state index is -0.719. The van der Waals surface area contributed by atoms with E-state index in [1.807, 2.05) is 6.07 Å². The highest BCUT2D eigenvalue weighted by molar-refractivity contribution is 7.14. The van der Waals surface area contributed by atoms with E-state index in [-0.39, 0.29) is 5.56 Å². The molecule has 0 fully saturated rings. The van der Waals surface area contributed by atoms with Crippen molar-refractivity contribution in [3.05, 3.63) is 51.0 Å². The zero-order chi connectivity index (χ0) is 18.0. The lowest BCUT2D eigenvalue weighted by Gasteiger charge is -2.16. The number of amides is 2. The molecule has 2 N–H and O–H groups in total. The third kappa shape index (κ3) is 3.82. The number of thiophene rings is 1. The average Bonchev–Trinajstić information content (AvgIpc) is 3.02. The van der Waals surface area contributed by atoms with Crippen LogP contribution in [0.5, 0.6) is 5.75 Å². The van der Waals surface area contributed by atoms with Gasteiger partial charge in [-0.05, 0) is 48.9 Å². The van der Waals surface area contributed by atoms with Crippen molar-refractivity contribution in [2.24, 2.45) is 5.92 Å². The van der Waals surface area contributed by atoms with E-state index < -0.39 is 17.6 Å². The number of halogens is 1. The number of methoxy groups -OCH3 is 1. The number of nitrogens with one attached hydrogen (secondary N) is 2. The number of hydrazine groups is 1. The summed E-state index contributed by atoms with van der Waals surface area (Å²) in [6.07, 6.45) is 3.09. The van der Waals surface area contributed by atoms with Gasteiger partial charge in [-0.1, -0.05) is 6.92 Å². The molecule has 1 aromatic heterocycles. The predicted molar refractivity (Wildman–Crippen MR) is 93.4 cm³/mol. The molecule has 0 saturated carbocycles. The second kappa shape index (κ2) is 7.23. The van der Waals surface area contributed by atoms with Gasteiger partial charge in [0.2, 0.25) is 0 Å². The number of hydrogen-bond donors (Lipinski definition) is 2. The summed E-state index contributed by atoms with van der Waals surface area (Å²) in [7, 11) is 1.41. The van der Waals surface area contributed by atoms with E-state index in [0.29, 0.717) is 16.5 Å². The Morgan fingerprint density at radius 1 is 1.24 bits per heavy atom. The molecule has 0 spiro atoms. The van der Waals surface area contributed by atoms with Gasteiger partial charge in [-0.25, -0.2) is 4.39 Å². The molecule has 0 unspecified atom stereocenters. The molecular weight excluding hydrogens is 343 g/mol. The molecule has 5 nitrogen and oxygen atoms in total. The Kier molecular flexibility index (Phi) is 5.03. The second-order valence-corrected chi connectivity index (χ2v) is 7.30. The molecule has 132 valence electrons. The molecule has 0 bridgehead atoms. The molecular formula is C18H19FN2O3S. The maximum atomic E-state index is 13.9. The number of carbonyl (C=O) groups is 2. The zero-order valence-electron chi connectivity index (χ0n) is 14.0. The van der Waals surface area contributed by atoms with Crippen LogP contribution in [0.15, 0.2) is 24.3 Å². The minimum Gasteiger partial charge on any atom is -0.497 e. The zero-order valence-corrected chi connectivity index (χ0v) is 14.8. The number of carbonyl (C=O) groups excluding carboxylic acids is 2. The number of fused-ring (bicyclic) bond motifs is 1. The summed E-state index contributed by atoms with van der Waals surface area (Å²) in [5, 5.41) is 0. The standard InChI is InChI=1S/C18H19FN2O3S/c1-10-3-6-15-11(7-10)8-16(25-15)18(23)21-20-17(22)13-5-4-12(24-2)9-14(13)19/h4-5,8-10H,3,6-7H2,1-2H3,(H,20,22)(H,21,23)/t10-/m1/s1. The van der Waals surface area contributed by atoms with E-state index in [2.05, 4.69) is 17.8 Å². The Labute approximate surface area is 149 Å². The first-order chi connectivity index (χ1) is 12.0. The van der Waals surface area contributed by atoms with Crippen molar-refractivity contribution in [2.75, 3.05) is 7.11 Å². The molecule has 0 aliphatic heterocycles. The van der Waals surface area contributed by atoms with Gasteiger partial charge in [0.05, 0.1) is 17.6 Å². The topological polar surface area (TPSA) is 67.4 Å². The van der Waals surface area contributed by atoms with E-state index in [1.165, 1.54) is 41.0 Å². The molecule has 3 rings (SSSR count). The van der Waals surface area contributed by atoms with E-state index in [1.54, 1.807) is 0 Å². The largest absolute Gasteiger partial charge is 0.497 e. The quantitative estimate of drug-likeness (QED) is 0.825. The first kappa shape index (κ1) is 17.4. The molecule has 25 heavy (non-hydrogen) atoms. The highest BCUT2D eigenvalue weighted by Crippen LogP contribution is 2.32. The van der Waals surface area contributed by atoms with Crippen LogP contribution in [-0.4, -0.2) is 18.9 Å². The third-order valence-electron chi connectivity index (χ3n) is 4.26. The molecule has 1 aliphatic carbocycles. The molecule has 1 aliphatic rings. The van der Waals surface area contributed by atoms with E-state index in [4.69, 9.17) is 4.74 Å². The van der Waals surface area contributed by atoms with Gasteiger partial charge in [-0.2, -0.15) is 0 Å². The van der Waals surface area contributed by atoms with Crippen LogP contribution in [0, 0.1) is 11.7 Å². The van der Waals surface area contributed by atoms with Gasteiger partial charge in [0.25, 0.3) is 11.8 Å². The second-order valence-electron chi connectivity index (χ2n) is 6.16. The fraction of sp³-hybridized carbons (Fsp3) is 0.333. The van der Waals surface area contributed by atoms with Gasteiger partial charge < -0.3 is 4.74 Å². The Hall–Kier alpha value is -2.41. The molecule has 1 aromatic carbocycles. The number of hydrogen-bond acceptors (Lipinski definition) is 4. The van der Waals surface area contributed by atoms with Crippen LogP contribution in [0.25, 0.3) is 0 Å². The van der Waals surface area contributed by atoms with Crippen LogP contribution in [-0.2, 0) is 12.8 Å². The maximum absolute atomic E-state index is 13.9. The summed E-state index contributed by atoms with van der Waals surface area (Å²) in [6, 6.07) is 5.78. The van der Waals surface area contributed by atoms with Gasteiger partial charge in [0.15, 0.2) is 0 Å². The highest BCUT2D eigenvalue weighted by atomic mass is 32.1. The van der Waals surface area contributed by atoms with E-state index in [0.717, 1.165) is 25.3 Å². The summed E-state index contributed by atoms with van der Waals surface area (Å²) in [5.74, 6) is -0.892. The van der Waals surface area contributed by atoms with Gasteiger partial charge in [0, 0.05) is 10.9 Å². The van der Waals surface area contributed by atoms with Crippen LogP contribution < -0.4 is 15.6 Å². The fourth-order valence-electron chi connectivity index (χ4n) is 2.87. The highest BCUT2D eigenvalue weighted by Gasteiger charge is 2.21. The first-order valence-corrected chi connectivity index (χ1v) is 8.85. The van der Waals surface area contributed by atoms with E-state index >= 15 is 0 Å². The Morgan fingerprint density at radius 2 is 2.00 bits per heavy atom. The Balaban J connectivity index is 1.63. The van der Waals surface area contributed by atoms with Crippen LogP contribution in [0.1, 0.15) is 43.8 Å².